The Labute approximate surface area is 199 Å². The number of carbonyl (C=O) groups excluding carboxylic acids is 1. The number of nitrogens with zero attached hydrogens (tertiary/aromatic N) is 2. The zero-order valence-electron chi connectivity index (χ0n) is 17.4. The highest BCUT2D eigenvalue weighted by Crippen LogP contribution is 2.35. The average Bonchev–Trinajstić information content (AvgIpc) is 3.29. The largest absolute Gasteiger partial charge is 0.490 e. The van der Waals surface area contributed by atoms with Crippen molar-refractivity contribution in [1.82, 2.24) is 14.7 Å². The number of amides is 1. The van der Waals surface area contributed by atoms with Crippen LogP contribution in [-0.4, -0.2) is 36.8 Å². The predicted molar refractivity (Wildman–Crippen MR) is 113 cm³/mol. The lowest BCUT2D eigenvalue weighted by atomic mass is 9.81. The molecule has 8 nitrogen and oxygen atoms in total. The normalized spacial score (nSPS) is 18.3. The molecule has 3 aromatic rings. The van der Waals surface area contributed by atoms with E-state index in [1.165, 1.54) is 0 Å². The molecule has 0 spiro atoms. The Morgan fingerprint density at radius 3 is 2.49 bits per heavy atom. The molecule has 1 amide bonds. The van der Waals surface area contributed by atoms with E-state index < -0.39 is 67.5 Å². The van der Waals surface area contributed by atoms with Crippen molar-refractivity contribution < 1.29 is 39.9 Å². The maximum Gasteiger partial charge on any atom is 0.266 e. The molecule has 4 rings (SSSR count). The first-order chi connectivity index (χ1) is 16.5. The number of anilines is 1. The standard InChI is InChI=1S/C20H15F5N4O4S2/c21-12-3-14(23)13(22)1-11(12)10-2-19(30)26-6-9(10)7-33-17-4-16(25)18(5-15(17)24)35(31,32)29-20-27-8-28-34-20/h1,3-5,8-10H,2,6-7H2,(H,26,30)(H,27,28,29)/t9-,10+/m1/s1. The van der Waals surface area contributed by atoms with Gasteiger partial charge in [0.15, 0.2) is 23.2 Å². The molecule has 35 heavy (non-hydrogen) atoms. The van der Waals surface area contributed by atoms with Crippen molar-refractivity contribution in [2.75, 3.05) is 17.9 Å². The summed E-state index contributed by atoms with van der Waals surface area (Å²) >= 11 is 0.690. The van der Waals surface area contributed by atoms with Crippen LogP contribution in [0.2, 0.25) is 0 Å². The van der Waals surface area contributed by atoms with Crippen LogP contribution in [0.5, 0.6) is 5.75 Å². The first-order valence-electron chi connectivity index (χ1n) is 9.87. The first kappa shape index (κ1) is 24.8. The second-order valence-electron chi connectivity index (χ2n) is 7.54. The Hall–Kier alpha value is -3.33. The molecule has 0 aliphatic carbocycles. The number of halogens is 5. The zero-order valence-corrected chi connectivity index (χ0v) is 19.0. The van der Waals surface area contributed by atoms with Crippen LogP contribution in [0.4, 0.5) is 27.1 Å². The quantitative estimate of drug-likeness (QED) is 0.356. The summed E-state index contributed by atoms with van der Waals surface area (Å²) in [7, 11) is -4.52. The van der Waals surface area contributed by atoms with E-state index in [0.717, 1.165) is 6.33 Å². The van der Waals surface area contributed by atoms with Gasteiger partial charge in [0.2, 0.25) is 11.0 Å². The molecule has 2 aromatic carbocycles. The molecular formula is C20H15F5N4O4S2. The van der Waals surface area contributed by atoms with Gasteiger partial charge in [-0.15, -0.1) is 0 Å². The third-order valence-corrected chi connectivity index (χ3v) is 7.35. The topological polar surface area (TPSA) is 110 Å². The van der Waals surface area contributed by atoms with Crippen LogP contribution in [0.3, 0.4) is 0 Å². The number of hydrogen-bond donors (Lipinski definition) is 2. The van der Waals surface area contributed by atoms with Crippen LogP contribution in [0.1, 0.15) is 17.9 Å². The monoisotopic (exact) mass is 534 g/mol. The minimum absolute atomic E-state index is 0.0652. The number of carbonyl (C=O) groups is 1. The van der Waals surface area contributed by atoms with Gasteiger partial charge in [0.1, 0.15) is 22.9 Å². The molecule has 1 aliphatic rings. The molecule has 2 heterocycles. The van der Waals surface area contributed by atoms with Gasteiger partial charge in [0, 0.05) is 54.5 Å². The Bertz CT molecular complexity index is 1370. The Morgan fingerprint density at radius 2 is 1.77 bits per heavy atom. The highest BCUT2D eigenvalue weighted by Gasteiger charge is 2.34. The maximum atomic E-state index is 14.6. The van der Waals surface area contributed by atoms with Crippen molar-refractivity contribution in [3.05, 3.63) is 65.2 Å². The van der Waals surface area contributed by atoms with Crippen molar-refractivity contribution in [3.63, 3.8) is 0 Å². The van der Waals surface area contributed by atoms with Crippen molar-refractivity contribution in [3.8, 4) is 5.75 Å². The molecule has 0 unspecified atom stereocenters. The summed E-state index contributed by atoms with van der Waals surface area (Å²) in [5, 5.41) is 2.36. The Morgan fingerprint density at radius 1 is 1.03 bits per heavy atom. The van der Waals surface area contributed by atoms with Gasteiger partial charge in [-0.3, -0.25) is 9.52 Å². The van der Waals surface area contributed by atoms with Crippen LogP contribution >= 0.6 is 11.5 Å². The maximum absolute atomic E-state index is 14.6. The molecule has 0 bridgehead atoms. The smallest absolute Gasteiger partial charge is 0.266 e. The average molecular weight is 534 g/mol. The molecule has 1 fully saturated rings. The van der Waals surface area contributed by atoms with E-state index in [1.54, 1.807) is 0 Å². The SMILES string of the molecule is O=C1C[C@H](c2cc(F)c(F)cc2F)[C@@H](COc2cc(F)c(S(=O)(=O)Nc3ncns3)cc2F)CN1. The summed E-state index contributed by atoms with van der Waals surface area (Å²) in [6.45, 7) is -0.445. The molecule has 1 aliphatic heterocycles. The minimum atomic E-state index is -4.52. The van der Waals surface area contributed by atoms with Crippen molar-refractivity contribution in [2.45, 2.75) is 17.2 Å². The lowest BCUT2D eigenvalue weighted by Gasteiger charge is -2.32. The van der Waals surface area contributed by atoms with Gasteiger partial charge in [-0.1, -0.05) is 0 Å². The second kappa shape index (κ2) is 9.73. The fourth-order valence-corrected chi connectivity index (χ4v) is 5.33. The van der Waals surface area contributed by atoms with E-state index in [-0.39, 0.29) is 30.3 Å². The van der Waals surface area contributed by atoms with Gasteiger partial charge in [0.05, 0.1) is 6.61 Å². The summed E-state index contributed by atoms with van der Waals surface area (Å²) in [6, 6.07) is 1.95. The molecule has 0 radical (unpaired) electrons. The van der Waals surface area contributed by atoms with Gasteiger partial charge in [-0.2, -0.15) is 4.37 Å². The third-order valence-electron chi connectivity index (χ3n) is 5.29. The highest BCUT2D eigenvalue weighted by molar-refractivity contribution is 7.93. The summed E-state index contributed by atoms with van der Waals surface area (Å²) in [5.41, 5.74) is -0.261. The predicted octanol–water partition coefficient (Wildman–Crippen LogP) is 3.33. The lowest BCUT2D eigenvalue weighted by Crippen LogP contribution is -2.42. The molecule has 2 N–H and O–H groups in total. The molecule has 1 aromatic heterocycles. The van der Waals surface area contributed by atoms with E-state index >= 15 is 0 Å². The molecule has 15 heteroatoms. The fraction of sp³-hybridized carbons (Fsp3) is 0.250. The van der Waals surface area contributed by atoms with Crippen LogP contribution in [0.25, 0.3) is 0 Å². The van der Waals surface area contributed by atoms with Crippen molar-refractivity contribution in [2.24, 2.45) is 5.92 Å². The number of benzene rings is 2. The van der Waals surface area contributed by atoms with E-state index in [1.807, 2.05) is 4.72 Å². The Kier molecular flexibility index (Phi) is 6.89. The fourth-order valence-electron chi connectivity index (χ4n) is 3.60. The molecule has 2 atom stereocenters. The minimum Gasteiger partial charge on any atom is -0.490 e. The van der Waals surface area contributed by atoms with Crippen LogP contribution in [0, 0.1) is 35.0 Å². The van der Waals surface area contributed by atoms with Crippen LogP contribution < -0.4 is 14.8 Å². The number of ether oxygens (including phenoxy) is 1. The summed E-state index contributed by atoms with van der Waals surface area (Å²) in [5.74, 6) is -9.07. The number of rotatable bonds is 7. The summed E-state index contributed by atoms with van der Waals surface area (Å²) in [6.07, 6.45) is 0.796. The van der Waals surface area contributed by atoms with E-state index in [0.29, 0.717) is 35.8 Å². The first-order valence-corrected chi connectivity index (χ1v) is 12.1. The van der Waals surface area contributed by atoms with Crippen molar-refractivity contribution in [1.29, 1.82) is 0 Å². The third kappa shape index (κ3) is 5.35. The number of nitrogens with one attached hydrogen (secondary N) is 2. The Balaban J connectivity index is 1.54. The van der Waals surface area contributed by atoms with Crippen LogP contribution in [0.15, 0.2) is 35.5 Å². The highest BCUT2D eigenvalue weighted by atomic mass is 32.2. The summed E-state index contributed by atoms with van der Waals surface area (Å²) < 4.78 is 106. The molecule has 186 valence electrons. The van der Waals surface area contributed by atoms with E-state index in [9.17, 15) is 35.2 Å². The number of aromatic nitrogens is 2. The molecular weight excluding hydrogens is 519 g/mol. The van der Waals surface area contributed by atoms with Crippen LogP contribution in [-0.2, 0) is 14.8 Å². The zero-order chi connectivity index (χ0) is 25.3. The number of sulfonamides is 1. The van der Waals surface area contributed by atoms with Crippen molar-refractivity contribution >= 4 is 32.6 Å². The number of hydrogen-bond acceptors (Lipinski definition) is 7. The summed E-state index contributed by atoms with van der Waals surface area (Å²) in [4.78, 5) is 14.5. The van der Waals surface area contributed by atoms with Gasteiger partial charge in [-0.05, 0) is 11.6 Å². The number of piperidine rings is 1. The van der Waals surface area contributed by atoms with E-state index in [2.05, 4.69) is 14.7 Å². The van der Waals surface area contributed by atoms with Gasteiger partial charge in [0.25, 0.3) is 10.0 Å². The van der Waals surface area contributed by atoms with Gasteiger partial charge >= 0.3 is 0 Å². The van der Waals surface area contributed by atoms with E-state index in [4.69, 9.17) is 4.74 Å². The second-order valence-corrected chi connectivity index (χ2v) is 9.97. The lowest BCUT2D eigenvalue weighted by molar-refractivity contribution is -0.123. The molecule has 0 saturated carbocycles. The molecule has 1 saturated heterocycles. The van der Waals surface area contributed by atoms with Gasteiger partial charge < -0.3 is 10.1 Å². The van der Waals surface area contributed by atoms with Gasteiger partial charge in [-0.25, -0.2) is 35.4 Å².